The second kappa shape index (κ2) is 7.75. The summed E-state index contributed by atoms with van der Waals surface area (Å²) in [4.78, 5) is 28.5. The van der Waals surface area contributed by atoms with Gasteiger partial charge in [0.25, 0.3) is 0 Å². The van der Waals surface area contributed by atoms with Crippen molar-refractivity contribution < 1.29 is 28.3 Å². The molecule has 9 nitrogen and oxygen atoms in total. The van der Waals surface area contributed by atoms with Crippen molar-refractivity contribution in [1.82, 2.24) is 9.97 Å². The normalized spacial score (nSPS) is 16.1. The second-order valence-electron chi connectivity index (χ2n) is 6.14. The van der Waals surface area contributed by atoms with Gasteiger partial charge in [0.2, 0.25) is 0 Å². The fourth-order valence-corrected chi connectivity index (χ4v) is 3.54. The molecule has 26 heavy (non-hydrogen) atoms. The fraction of sp³-hybridized carbons (Fsp3) is 0.500. The van der Waals surface area contributed by atoms with Crippen LogP contribution in [0.5, 0.6) is 11.5 Å². The van der Waals surface area contributed by atoms with E-state index in [1.807, 2.05) is 12.1 Å². The Balaban J connectivity index is 1.78. The van der Waals surface area contributed by atoms with Crippen molar-refractivity contribution in [1.29, 1.82) is 0 Å². The van der Waals surface area contributed by atoms with E-state index in [2.05, 4.69) is 19.4 Å². The van der Waals surface area contributed by atoms with Gasteiger partial charge in [0.05, 0.1) is 26.3 Å². The van der Waals surface area contributed by atoms with Crippen LogP contribution in [-0.2, 0) is 9.09 Å². The topological polar surface area (TPSA) is 114 Å². The summed E-state index contributed by atoms with van der Waals surface area (Å²) in [7, 11) is -1.25. The van der Waals surface area contributed by atoms with E-state index >= 15 is 0 Å². The minimum atomic E-state index is -4.42. The Morgan fingerprint density at radius 2 is 1.81 bits per heavy atom. The molecule has 0 amide bonds. The number of nitrogens with zero attached hydrogens (tertiary/aromatic N) is 3. The van der Waals surface area contributed by atoms with Gasteiger partial charge in [0, 0.05) is 24.5 Å². The Morgan fingerprint density at radius 3 is 2.42 bits per heavy atom. The van der Waals surface area contributed by atoms with Crippen molar-refractivity contribution in [2.24, 2.45) is 5.92 Å². The molecular formula is C16H22N3O6P. The summed E-state index contributed by atoms with van der Waals surface area (Å²) in [5.74, 6) is 2.14. The predicted octanol–water partition coefficient (Wildman–Crippen LogP) is 1.97. The minimum Gasteiger partial charge on any atom is -0.493 e. The number of methoxy groups -OCH3 is 2. The zero-order valence-corrected chi connectivity index (χ0v) is 15.6. The van der Waals surface area contributed by atoms with E-state index in [4.69, 9.17) is 19.3 Å². The molecule has 2 N–H and O–H groups in total. The quantitative estimate of drug-likeness (QED) is 0.723. The van der Waals surface area contributed by atoms with E-state index in [1.54, 1.807) is 14.2 Å². The highest BCUT2D eigenvalue weighted by molar-refractivity contribution is 7.46. The van der Waals surface area contributed by atoms with Gasteiger partial charge in [0.15, 0.2) is 11.5 Å². The van der Waals surface area contributed by atoms with Crippen molar-refractivity contribution in [2.45, 2.75) is 12.8 Å². The Kier molecular flexibility index (Phi) is 5.62. The van der Waals surface area contributed by atoms with E-state index in [9.17, 15) is 4.57 Å². The molecule has 0 unspecified atom stereocenters. The monoisotopic (exact) mass is 383 g/mol. The highest BCUT2D eigenvalue weighted by Crippen LogP contribution is 2.38. The van der Waals surface area contributed by atoms with Crippen molar-refractivity contribution in [2.75, 3.05) is 38.8 Å². The van der Waals surface area contributed by atoms with Gasteiger partial charge in [-0.25, -0.2) is 14.5 Å². The molecule has 0 saturated carbocycles. The van der Waals surface area contributed by atoms with Gasteiger partial charge in [-0.3, -0.25) is 4.52 Å². The van der Waals surface area contributed by atoms with Crippen molar-refractivity contribution in [3.05, 3.63) is 18.5 Å². The highest BCUT2D eigenvalue weighted by atomic mass is 31.2. The summed E-state index contributed by atoms with van der Waals surface area (Å²) in [5, 5.41) is 0.870. The highest BCUT2D eigenvalue weighted by Gasteiger charge is 2.25. The van der Waals surface area contributed by atoms with Crippen LogP contribution in [0.25, 0.3) is 10.9 Å². The first-order valence-electron chi connectivity index (χ1n) is 8.23. The number of benzene rings is 1. The number of fused-ring (bicyclic) bond motifs is 1. The summed E-state index contributed by atoms with van der Waals surface area (Å²) in [6.45, 7) is 1.50. The first-order valence-corrected chi connectivity index (χ1v) is 9.76. The molecule has 2 aromatic rings. The Morgan fingerprint density at radius 1 is 1.15 bits per heavy atom. The van der Waals surface area contributed by atoms with Gasteiger partial charge in [0.1, 0.15) is 12.1 Å². The molecular weight excluding hydrogens is 361 g/mol. The zero-order valence-electron chi connectivity index (χ0n) is 14.7. The molecule has 2 heterocycles. The van der Waals surface area contributed by atoms with Gasteiger partial charge < -0.3 is 24.2 Å². The standard InChI is InChI=1S/C16H22N3O6P/c1-23-14-7-12-13(8-15(14)24-2)17-10-18-16(12)19-5-3-11(4-6-19)9-25-26(20,21)22/h7-8,10-11H,3-6,9H2,1-2H3,(H2,20,21,22). The number of hydrogen-bond donors (Lipinski definition) is 2. The summed E-state index contributed by atoms with van der Waals surface area (Å²) < 4.78 is 26.2. The molecule has 1 aromatic heterocycles. The van der Waals surface area contributed by atoms with Gasteiger partial charge in [-0.1, -0.05) is 0 Å². The fourth-order valence-electron chi connectivity index (χ4n) is 3.14. The van der Waals surface area contributed by atoms with E-state index < -0.39 is 7.82 Å². The SMILES string of the molecule is COc1cc2ncnc(N3CCC(COP(=O)(O)O)CC3)c2cc1OC. The van der Waals surface area contributed by atoms with E-state index in [-0.39, 0.29) is 12.5 Å². The number of anilines is 1. The first-order chi connectivity index (χ1) is 12.4. The molecule has 10 heteroatoms. The van der Waals surface area contributed by atoms with Crippen LogP contribution in [0.2, 0.25) is 0 Å². The van der Waals surface area contributed by atoms with Crippen LogP contribution in [0.3, 0.4) is 0 Å². The predicted molar refractivity (Wildman–Crippen MR) is 95.6 cm³/mol. The van der Waals surface area contributed by atoms with Crippen LogP contribution in [0.4, 0.5) is 5.82 Å². The van der Waals surface area contributed by atoms with Crippen LogP contribution in [0.15, 0.2) is 18.5 Å². The molecule has 1 aliphatic heterocycles. The Labute approximate surface area is 151 Å². The molecule has 1 fully saturated rings. The molecule has 0 aliphatic carbocycles. The maximum absolute atomic E-state index is 10.8. The average molecular weight is 383 g/mol. The third-order valence-electron chi connectivity index (χ3n) is 4.51. The van der Waals surface area contributed by atoms with Crippen molar-refractivity contribution in [3.63, 3.8) is 0 Å². The number of phosphoric acid groups is 1. The lowest BCUT2D eigenvalue weighted by Gasteiger charge is -2.33. The van der Waals surface area contributed by atoms with Crippen molar-refractivity contribution in [3.8, 4) is 11.5 Å². The molecule has 1 aliphatic rings. The van der Waals surface area contributed by atoms with Crippen LogP contribution >= 0.6 is 7.82 Å². The average Bonchev–Trinajstić information content (AvgIpc) is 2.64. The van der Waals surface area contributed by atoms with Crippen LogP contribution in [0.1, 0.15) is 12.8 Å². The molecule has 3 rings (SSSR count). The minimum absolute atomic E-state index is 0.0632. The molecule has 0 bridgehead atoms. The van der Waals surface area contributed by atoms with Gasteiger partial charge in [-0.15, -0.1) is 0 Å². The van der Waals surface area contributed by atoms with E-state index in [1.165, 1.54) is 6.33 Å². The smallest absolute Gasteiger partial charge is 0.469 e. The number of rotatable bonds is 6. The lowest BCUT2D eigenvalue weighted by molar-refractivity contribution is 0.156. The van der Waals surface area contributed by atoms with E-state index in [0.717, 1.165) is 42.7 Å². The zero-order chi connectivity index (χ0) is 18.7. The number of ether oxygens (including phenoxy) is 2. The van der Waals surface area contributed by atoms with Gasteiger partial charge in [-0.2, -0.15) is 0 Å². The maximum Gasteiger partial charge on any atom is 0.469 e. The molecule has 1 aromatic carbocycles. The second-order valence-corrected chi connectivity index (χ2v) is 7.38. The van der Waals surface area contributed by atoms with Crippen LogP contribution in [-0.4, -0.2) is 53.7 Å². The Hall–Kier alpha value is -1.93. The molecule has 1 saturated heterocycles. The molecule has 142 valence electrons. The third-order valence-corrected chi connectivity index (χ3v) is 5.00. The summed E-state index contributed by atoms with van der Waals surface area (Å²) >= 11 is 0. The van der Waals surface area contributed by atoms with Crippen LogP contribution in [0, 0.1) is 5.92 Å². The van der Waals surface area contributed by atoms with Gasteiger partial charge >= 0.3 is 7.82 Å². The van der Waals surface area contributed by atoms with Gasteiger partial charge in [-0.05, 0) is 24.8 Å². The third kappa shape index (κ3) is 4.24. The largest absolute Gasteiger partial charge is 0.493 e. The summed E-state index contributed by atoms with van der Waals surface area (Å²) in [5.41, 5.74) is 0.764. The number of phosphoric ester groups is 1. The Bertz CT molecular complexity index is 819. The summed E-state index contributed by atoms with van der Waals surface area (Å²) in [6, 6.07) is 3.69. The lowest BCUT2D eigenvalue weighted by Crippen LogP contribution is -2.35. The number of hydrogen-bond acceptors (Lipinski definition) is 7. The van der Waals surface area contributed by atoms with E-state index in [0.29, 0.717) is 11.5 Å². The number of aromatic nitrogens is 2. The number of piperidine rings is 1. The maximum atomic E-state index is 10.8. The van der Waals surface area contributed by atoms with Crippen molar-refractivity contribution >= 4 is 24.5 Å². The molecule has 0 atom stereocenters. The molecule has 0 radical (unpaired) electrons. The van der Waals surface area contributed by atoms with Crippen LogP contribution < -0.4 is 14.4 Å². The summed E-state index contributed by atoms with van der Waals surface area (Å²) in [6.07, 6.45) is 3.05. The lowest BCUT2D eigenvalue weighted by atomic mass is 9.97. The molecule has 0 spiro atoms. The first kappa shape index (κ1) is 18.8.